The summed E-state index contributed by atoms with van der Waals surface area (Å²) in [7, 11) is 0. The average Bonchev–Trinajstić information content (AvgIpc) is 2.30. The van der Waals surface area contributed by atoms with Gasteiger partial charge in [0.2, 0.25) is 0 Å². The smallest absolute Gasteiger partial charge is 0.0789 e. The molecule has 1 heterocycles. The van der Waals surface area contributed by atoms with Gasteiger partial charge in [-0.2, -0.15) is 5.26 Å². The minimum atomic E-state index is 0. The Morgan fingerprint density at radius 3 is 2.80 bits per heavy atom. The number of hydrogen-bond acceptors (Lipinski definition) is 2. The topological polar surface area (TPSA) is 36.7 Å². The molecule has 2 nitrogen and oxygen atoms in total. The van der Waals surface area contributed by atoms with Gasteiger partial charge in [0.1, 0.15) is 0 Å². The molecule has 0 unspecified atom stereocenters. The van der Waals surface area contributed by atoms with Gasteiger partial charge in [0.05, 0.1) is 6.07 Å². The van der Waals surface area contributed by atoms with E-state index in [1.54, 1.807) is 24.4 Å². The standard InChI is InChI=1S/C12H7N2.Rh/c13-9-10-4-3-5-11(8-10)12-6-1-2-7-14-12;/h1-4,6-8H;/q-1;. The summed E-state index contributed by atoms with van der Waals surface area (Å²) in [6.07, 6.45) is 1.72. The van der Waals surface area contributed by atoms with Crippen molar-refractivity contribution in [2.45, 2.75) is 0 Å². The summed E-state index contributed by atoms with van der Waals surface area (Å²) in [4.78, 5) is 4.18. The van der Waals surface area contributed by atoms with E-state index in [1.165, 1.54) is 0 Å². The Balaban J connectivity index is 0.00000112. The minimum absolute atomic E-state index is 0. The van der Waals surface area contributed by atoms with E-state index in [0.29, 0.717) is 5.56 Å². The monoisotopic (exact) mass is 282 g/mol. The molecule has 2 rings (SSSR count). The predicted octanol–water partition coefficient (Wildman–Crippen LogP) is 2.42. The normalized spacial score (nSPS) is 8.73. The van der Waals surface area contributed by atoms with E-state index in [-0.39, 0.29) is 19.5 Å². The molecule has 0 saturated heterocycles. The summed E-state index contributed by atoms with van der Waals surface area (Å²) in [6.45, 7) is 0. The van der Waals surface area contributed by atoms with Crippen LogP contribution in [0.25, 0.3) is 11.3 Å². The van der Waals surface area contributed by atoms with Crippen LogP contribution in [0.5, 0.6) is 0 Å². The molecule has 1 radical (unpaired) electrons. The molecule has 0 bridgehead atoms. The Morgan fingerprint density at radius 2 is 2.13 bits per heavy atom. The zero-order valence-electron chi connectivity index (χ0n) is 7.77. The van der Waals surface area contributed by atoms with Crippen LogP contribution in [-0.2, 0) is 19.5 Å². The van der Waals surface area contributed by atoms with Crippen LogP contribution in [0, 0.1) is 17.4 Å². The van der Waals surface area contributed by atoms with Crippen LogP contribution in [-0.4, -0.2) is 4.98 Å². The maximum atomic E-state index is 8.72. The second-order valence-electron chi connectivity index (χ2n) is 2.82. The third-order valence-electron chi connectivity index (χ3n) is 1.87. The van der Waals surface area contributed by atoms with Gasteiger partial charge in [-0.15, -0.1) is 29.8 Å². The number of nitrogens with zero attached hydrogens (tertiary/aromatic N) is 2. The van der Waals surface area contributed by atoms with Crippen molar-refractivity contribution in [2.75, 3.05) is 0 Å². The zero-order chi connectivity index (χ0) is 9.80. The van der Waals surface area contributed by atoms with Crippen molar-refractivity contribution in [1.82, 2.24) is 4.98 Å². The molecule has 0 atom stereocenters. The van der Waals surface area contributed by atoms with E-state index in [0.717, 1.165) is 11.3 Å². The van der Waals surface area contributed by atoms with Gasteiger partial charge in [-0.1, -0.05) is 12.1 Å². The summed E-state index contributed by atoms with van der Waals surface area (Å²) < 4.78 is 0. The molecule has 0 N–H and O–H groups in total. The van der Waals surface area contributed by atoms with Crippen molar-refractivity contribution in [3.63, 3.8) is 0 Å². The fourth-order valence-corrected chi connectivity index (χ4v) is 1.21. The SMILES string of the molecule is N#Cc1cc[c-]c(-c2ccccn2)c1.[Rh]. The molecular weight excluding hydrogens is 275 g/mol. The third kappa shape index (κ3) is 2.71. The predicted molar refractivity (Wildman–Crippen MR) is 53.2 cm³/mol. The maximum Gasteiger partial charge on any atom is 0.0789 e. The van der Waals surface area contributed by atoms with Crippen molar-refractivity contribution in [3.05, 3.63) is 54.2 Å². The van der Waals surface area contributed by atoms with Crippen LogP contribution in [0.4, 0.5) is 0 Å². The molecular formula is C12H7N2Rh-. The van der Waals surface area contributed by atoms with E-state index in [2.05, 4.69) is 17.1 Å². The molecule has 0 amide bonds. The van der Waals surface area contributed by atoms with Gasteiger partial charge in [0.15, 0.2) is 0 Å². The summed E-state index contributed by atoms with van der Waals surface area (Å²) in [5.41, 5.74) is 2.32. The largest absolute Gasteiger partial charge is 0.305 e. The van der Waals surface area contributed by atoms with Crippen molar-refractivity contribution in [1.29, 1.82) is 5.26 Å². The van der Waals surface area contributed by atoms with Gasteiger partial charge >= 0.3 is 0 Å². The van der Waals surface area contributed by atoms with E-state index in [1.807, 2.05) is 18.2 Å². The van der Waals surface area contributed by atoms with Gasteiger partial charge in [0.25, 0.3) is 0 Å². The summed E-state index contributed by atoms with van der Waals surface area (Å²) in [5, 5.41) is 8.72. The van der Waals surface area contributed by atoms with Crippen LogP contribution in [0.2, 0.25) is 0 Å². The van der Waals surface area contributed by atoms with E-state index < -0.39 is 0 Å². The maximum absolute atomic E-state index is 8.72. The molecule has 2 aromatic rings. The van der Waals surface area contributed by atoms with Gasteiger partial charge < -0.3 is 4.98 Å². The quantitative estimate of drug-likeness (QED) is 0.595. The first-order chi connectivity index (χ1) is 6.90. The first-order valence-electron chi connectivity index (χ1n) is 4.23. The Kier molecular flexibility index (Phi) is 4.15. The number of aromatic nitrogens is 1. The first kappa shape index (κ1) is 11.6. The minimum Gasteiger partial charge on any atom is -0.305 e. The molecule has 3 heteroatoms. The number of hydrogen-bond donors (Lipinski definition) is 0. The Bertz CT molecular complexity index is 474. The van der Waals surface area contributed by atoms with Crippen LogP contribution < -0.4 is 0 Å². The van der Waals surface area contributed by atoms with Gasteiger partial charge in [0, 0.05) is 25.7 Å². The van der Waals surface area contributed by atoms with Crippen molar-refractivity contribution in [3.8, 4) is 17.3 Å². The van der Waals surface area contributed by atoms with Gasteiger partial charge in [-0.25, -0.2) is 0 Å². The van der Waals surface area contributed by atoms with Crippen LogP contribution in [0.3, 0.4) is 0 Å². The molecule has 0 aliphatic heterocycles. The fraction of sp³-hybridized carbons (Fsp3) is 0. The van der Waals surface area contributed by atoms with Gasteiger partial charge in [-0.3, -0.25) is 0 Å². The van der Waals surface area contributed by atoms with Crippen LogP contribution in [0.15, 0.2) is 42.6 Å². The molecule has 0 fully saturated rings. The molecule has 75 valence electrons. The molecule has 0 saturated carbocycles. The van der Waals surface area contributed by atoms with Crippen molar-refractivity contribution >= 4 is 0 Å². The summed E-state index contributed by atoms with van der Waals surface area (Å²) in [5.74, 6) is 0. The average molecular weight is 282 g/mol. The Morgan fingerprint density at radius 1 is 1.27 bits per heavy atom. The fourth-order valence-electron chi connectivity index (χ4n) is 1.21. The molecule has 15 heavy (non-hydrogen) atoms. The zero-order valence-corrected chi connectivity index (χ0v) is 9.41. The molecule has 0 aliphatic rings. The number of rotatable bonds is 1. The third-order valence-corrected chi connectivity index (χ3v) is 1.87. The Labute approximate surface area is 101 Å². The van der Waals surface area contributed by atoms with Crippen LogP contribution >= 0.6 is 0 Å². The second-order valence-corrected chi connectivity index (χ2v) is 2.82. The van der Waals surface area contributed by atoms with E-state index in [9.17, 15) is 0 Å². The van der Waals surface area contributed by atoms with Crippen molar-refractivity contribution in [2.24, 2.45) is 0 Å². The molecule has 1 aromatic heterocycles. The number of nitriles is 1. The molecule has 0 aliphatic carbocycles. The van der Waals surface area contributed by atoms with Crippen molar-refractivity contribution < 1.29 is 19.5 Å². The number of pyridine rings is 1. The van der Waals surface area contributed by atoms with E-state index in [4.69, 9.17) is 5.26 Å². The Hall–Kier alpha value is -1.52. The number of benzene rings is 1. The summed E-state index contributed by atoms with van der Waals surface area (Å²) in [6, 6.07) is 16.0. The summed E-state index contributed by atoms with van der Waals surface area (Å²) >= 11 is 0. The van der Waals surface area contributed by atoms with Crippen LogP contribution in [0.1, 0.15) is 5.56 Å². The first-order valence-corrected chi connectivity index (χ1v) is 4.23. The molecule has 0 spiro atoms. The second kappa shape index (κ2) is 5.39. The molecule has 1 aromatic carbocycles. The van der Waals surface area contributed by atoms with Gasteiger partial charge in [-0.05, 0) is 17.3 Å². The van der Waals surface area contributed by atoms with E-state index >= 15 is 0 Å².